The molecule has 3 rings (SSSR count). The van der Waals surface area contributed by atoms with Crippen LogP contribution in [-0.2, 0) is 0 Å². The average molecular weight is 274 g/mol. The largest absolute Gasteiger partial charge is 0.359 e. The Labute approximate surface area is 119 Å². The summed E-state index contributed by atoms with van der Waals surface area (Å²) in [6.07, 6.45) is 3.89. The summed E-state index contributed by atoms with van der Waals surface area (Å²) in [5.41, 5.74) is 2.43. The molecule has 2 nitrogen and oxygen atoms in total. The van der Waals surface area contributed by atoms with E-state index in [0.717, 1.165) is 22.5 Å². The average Bonchev–Trinajstić information content (AvgIpc) is 2.78. The Balaban J connectivity index is 1.77. The summed E-state index contributed by atoms with van der Waals surface area (Å²) in [4.78, 5) is 4.76. The molecule has 3 unspecified atom stereocenters. The standard InChI is InChI=1S/C16H22N2S/c1-10-7-8-13(9-12(10)3)17-16-18-15-11(2)5-4-6-14(15)19-16/h4-6,10,12-13H,7-9H2,1-3H3,(H,17,18). The SMILES string of the molecule is Cc1cccc2sc(NC3CCC(C)C(C)C3)nc12. The summed E-state index contributed by atoms with van der Waals surface area (Å²) < 4.78 is 1.29. The zero-order valence-electron chi connectivity index (χ0n) is 11.9. The summed E-state index contributed by atoms with van der Waals surface area (Å²) >= 11 is 1.78. The number of aromatic nitrogens is 1. The lowest BCUT2D eigenvalue weighted by molar-refractivity contribution is 0.261. The highest BCUT2D eigenvalue weighted by Gasteiger charge is 2.25. The van der Waals surface area contributed by atoms with Gasteiger partial charge in [-0.2, -0.15) is 0 Å². The summed E-state index contributed by atoms with van der Waals surface area (Å²) in [6.45, 7) is 6.89. The smallest absolute Gasteiger partial charge is 0.184 e. The van der Waals surface area contributed by atoms with Crippen molar-refractivity contribution in [3.63, 3.8) is 0 Å². The van der Waals surface area contributed by atoms with E-state index >= 15 is 0 Å². The number of hydrogen-bond donors (Lipinski definition) is 1. The van der Waals surface area contributed by atoms with Crippen LogP contribution in [0, 0.1) is 18.8 Å². The van der Waals surface area contributed by atoms with E-state index in [2.05, 4.69) is 44.3 Å². The molecule has 0 bridgehead atoms. The zero-order valence-corrected chi connectivity index (χ0v) is 12.8. The van der Waals surface area contributed by atoms with Gasteiger partial charge < -0.3 is 5.32 Å². The van der Waals surface area contributed by atoms with Crippen molar-refractivity contribution in [2.45, 2.75) is 46.1 Å². The van der Waals surface area contributed by atoms with Gasteiger partial charge in [0.25, 0.3) is 0 Å². The zero-order chi connectivity index (χ0) is 13.4. The molecule has 1 fully saturated rings. The maximum atomic E-state index is 4.76. The van der Waals surface area contributed by atoms with E-state index in [1.807, 2.05) is 0 Å². The first-order valence-electron chi connectivity index (χ1n) is 7.26. The Morgan fingerprint density at radius 3 is 2.79 bits per heavy atom. The predicted molar refractivity (Wildman–Crippen MR) is 83.9 cm³/mol. The molecule has 0 spiro atoms. The third kappa shape index (κ3) is 2.62. The Bertz CT molecular complexity index is 575. The van der Waals surface area contributed by atoms with Crippen molar-refractivity contribution in [1.29, 1.82) is 0 Å². The fraction of sp³-hybridized carbons (Fsp3) is 0.562. The minimum Gasteiger partial charge on any atom is -0.359 e. The van der Waals surface area contributed by atoms with Crippen LogP contribution >= 0.6 is 11.3 Å². The molecule has 2 aromatic rings. The highest BCUT2D eigenvalue weighted by atomic mass is 32.1. The Hall–Kier alpha value is -1.09. The molecule has 1 heterocycles. The van der Waals surface area contributed by atoms with Crippen molar-refractivity contribution in [2.75, 3.05) is 5.32 Å². The van der Waals surface area contributed by atoms with Crippen LogP contribution in [0.5, 0.6) is 0 Å². The summed E-state index contributed by atoms with van der Waals surface area (Å²) in [6, 6.07) is 7.02. The molecule has 0 saturated heterocycles. The molecule has 0 radical (unpaired) electrons. The van der Waals surface area contributed by atoms with Gasteiger partial charge in [-0.1, -0.05) is 37.3 Å². The van der Waals surface area contributed by atoms with Crippen LogP contribution in [-0.4, -0.2) is 11.0 Å². The third-order valence-electron chi connectivity index (χ3n) is 4.55. The number of aryl methyl sites for hydroxylation is 1. The van der Waals surface area contributed by atoms with Crippen LogP contribution in [0.15, 0.2) is 18.2 Å². The number of benzene rings is 1. The number of para-hydroxylation sites is 1. The topological polar surface area (TPSA) is 24.9 Å². The fourth-order valence-electron chi connectivity index (χ4n) is 3.00. The number of hydrogen-bond acceptors (Lipinski definition) is 3. The van der Waals surface area contributed by atoms with E-state index in [1.54, 1.807) is 11.3 Å². The number of anilines is 1. The van der Waals surface area contributed by atoms with Gasteiger partial charge in [-0.15, -0.1) is 0 Å². The first-order valence-corrected chi connectivity index (χ1v) is 8.08. The fourth-order valence-corrected chi connectivity index (χ4v) is 4.02. The van der Waals surface area contributed by atoms with E-state index in [9.17, 15) is 0 Å². The second-order valence-electron chi connectivity index (χ2n) is 6.05. The van der Waals surface area contributed by atoms with E-state index in [-0.39, 0.29) is 0 Å². The van der Waals surface area contributed by atoms with E-state index in [1.165, 1.54) is 29.5 Å². The maximum absolute atomic E-state index is 4.76. The van der Waals surface area contributed by atoms with E-state index in [4.69, 9.17) is 4.98 Å². The number of thiazole rings is 1. The Kier molecular flexibility index (Phi) is 3.48. The van der Waals surface area contributed by atoms with Crippen molar-refractivity contribution in [3.8, 4) is 0 Å². The third-order valence-corrected chi connectivity index (χ3v) is 5.50. The van der Waals surface area contributed by atoms with Crippen molar-refractivity contribution in [3.05, 3.63) is 23.8 Å². The highest BCUT2D eigenvalue weighted by molar-refractivity contribution is 7.22. The van der Waals surface area contributed by atoms with Gasteiger partial charge in [0.2, 0.25) is 0 Å². The molecule has 19 heavy (non-hydrogen) atoms. The molecular formula is C16H22N2S. The van der Waals surface area contributed by atoms with Crippen LogP contribution in [0.1, 0.15) is 38.7 Å². The van der Waals surface area contributed by atoms with Gasteiger partial charge in [0, 0.05) is 6.04 Å². The Morgan fingerprint density at radius 1 is 1.21 bits per heavy atom. The predicted octanol–water partition coefficient (Wildman–Crippen LogP) is 4.84. The van der Waals surface area contributed by atoms with E-state index < -0.39 is 0 Å². The van der Waals surface area contributed by atoms with Gasteiger partial charge in [-0.3, -0.25) is 0 Å². The molecule has 1 aliphatic rings. The van der Waals surface area contributed by atoms with Crippen LogP contribution in [0.25, 0.3) is 10.2 Å². The molecule has 3 atom stereocenters. The van der Waals surface area contributed by atoms with Crippen molar-refractivity contribution in [2.24, 2.45) is 11.8 Å². The lowest BCUT2D eigenvalue weighted by atomic mass is 9.79. The van der Waals surface area contributed by atoms with Gasteiger partial charge in [0.1, 0.15) is 0 Å². The Morgan fingerprint density at radius 2 is 2.05 bits per heavy atom. The number of nitrogens with zero attached hydrogens (tertiary/aromatic N) is 1. The normalized spacial score (nSPS) is 27.6. The van der Waals surface area contributed by atoms with Gasteiger partial charge in [-0.05, 0) is 49.7 Å². The quantitative estimate of drug-likeness (QED) is 0.847. The van der Waals surface area contributed by atoms with Gasteiger partial charge >= 0.3 is 0 Å². The van der Waals surface area contributed by atoms with Crippen molar-refractivity contribution >= 4 is 26.7 Å². The summed E-state index contributed by atoms with van der Waals surface area (Å²) in [5.74, 6) is 1.69. The molecule has 1 saturated carbocycles. The minimum absolute atomic E-state index is 0.604. The van der Waals surface area contributed by atoms with Crippen LogP contribution in [0.3, 0.4) is 0 Å². The minimum atomic E-state index is 0.604. The molecule has 0 aliphatic heterocycles. The molecule has 1 aromatic heterocycles. The van der Waals surface area contributed by atoms with Crippen LogP contribution in [0.4, 0.5) is 5.13 Å². The number of rotatable bonds is 2. The second kappa shape index (κ2) is 5.12. The first-order chi connectivity index (χ1) is 9.13. The first kappa shape index (κ1) is 12.9. The van der Waals surface area contributed by atoms with Crippen LogP contribution < -0.4 is 5.32 Å². The molecular weight excluding hydrogens is 252 g/mol. The lowest BCUT2D eigenvalue weighted by Crippen LogP contribution is -2.30. The van der Waals surface area contributed by atoms with Crippen LogP contribution in [0.2, 0.25) is 0 Å². The maximum Gasteiger partial charge on any atom is 0.184 e. The lowest BCUT2D eigenvalue weighted by Gasteiger charge is -2.32. The molecule has 102 valence electrons. The number of fused-ring (bicyclic) bond motifs is 1. The highest BCUT2D eigenvalue weighted by Crippen LogP contribution is 2.33. The van der Waals surface area contributed by atoms with Gasteiger partial charge in [0.05, 0.1) is 10.2 Å². The summed E-state index contributed by atoms with van der Waals surface area (Å²) in [5, 5.41) is 4.75. The van der Waals surface area contributed by atoms with Crippen molar-refractivity contribution in [1.82, 2.24) is 4.98 Å². The molecule has 1 N–H and O–H groups in total. The molecule has 0 amide bonds. The van der Waals surface area contributed by atoms with Gasteiger partial charge in [0.15, 0.2) is 5.13 Å². The van der Waals surface area contributed by atoms with E-state index in [0.29, 0.717) is 6.04 Å². The number of nitrogens with one attached hydrogen (secondary N) is 1. The summed E-state index contributed by atoms with van der Waals surface area (Å²) in [7, 11) is 0. The molecule has 1 aromatic carbocycles. The molecule has 1 aliphatic carbocycles. The van der Waals surface area contributed by atoms with Crippen molar-refractivity contribution < 1.29 is 0 Å². The second-order valence-corrected chi connectivity index (χ2v) is 7.08. The van der Waals surface area contributed by atoms with Gasteiger partial charge in [-0.25, -0.2) is 4.98 Å². The molecule has 3 heteroatoms. The monoisotopic (exact) mass is 274 g/mol.